The first-order chi connectivity index (χ1) is 10.0. The number of pyridine rings is 1. The van der Waals surface area contributed by atoms with Gasteiger partial charge in [0, 0.05) is 10.7 Å². The van der Waals surface area contributed by atoms with Gasteiger partial charge in [-0.25, -0.2) is 18.3 Å². The fraction of sp³-hybridized carbons (Fsp3) is 0.333. The highest BCUT2D eigenvalue weighted by Gasteiger charge is 2.27. The topological polar surface area (TPSA) is 69.9 Å². The van der Waals surface area contributed by atoms with Crippen molar-refractivity contribution in [3.63, 3.8) is 0 Å². The average Bonchev–Trinajstić information content (AvgIpc) is 2.85. The predicted molar refractivity (Wildman–Crippen MR) is 72.0 cm³/mol. The Bertz CT molecular complexity index is 631. The Kier molecular flexibility index (Phi) is 4.94. The Hall–Kier alpha value is -1.90. The van der Waals surface area contributed by atoms with Crippen molar-refractivity contribution in [3.8, 4) is 0 Å². The zero-order valence-corrected chi connectivity index (χ0v) is 12.5. The standard InChI is InChI=1S/C12H11BrF2N4O2/c1-2-21-12(20)9-10(11(14)15)19(18-17-9)6-8-4-3-7(13)5-16-8/h3-5,11H,2,6H2,1H3. The fourth-order valence-electron chi connectivity index (χ4n) is 1.65. The Morgan fingerprint density at radius 3 is 2.81 bits per heavy atom. The van der Waals surface area contributed by atoms with Crippen molar-refractivity contribution in [3.05, 3.63) is 39.9 Å². The molecule has 0 N–H and O–H groups in total. The molecule has 0 aliphatic rings. The van der Waals surface area contributed by atoms with Crippen LogP contribution in [-0.4, -0.2) is 32.6 Å². The van der Waals surface area contributed by atoms with Crippen molar-refractivity contribution in [2.75, 3.05) is 6.61 Å². The number of rotatable bonds is 5. The Labute approximate surface area is 127 Å². The monoisotopic (exact) mass is 360 g/mol. The summed E-state index contributed by atoms with van der Waals surface area (Å²) in [6, 6.07) is 3.39. The van der Waals surface area contributed by atoms with Gasteiger partial charge < -0.3 is 4.74 Å². The second kappa shape index (κ2) is 6.70. The highest BCUT2D eigenvalue weighted by molar-refractivity contribution is 9.10. The number of hydrogen-bond donors (Lipinski definition) is 0. The van der Waals surface area contributed by atoms with Crippen molar-refractivity contribution in [1.82, 2.24) is 20.0 Å². The molecule has 0 aliphatic heterocycles. The van der Waals surface area contributed by atoms with Crippen LogP contribution in [0, 0.1) is 0 Å². The van der Waals surface area contributed by atoms with Crippen LogP contribution in [0.4, 0.5) is 8.78 Å². The number of esters is 1. The molecule has 0 atom stereocenters. The molecule has 0 radical (unpaired) electrons. The van der Waals surface area contributed by atoms with Crippen molar-refractivity contribution < 1.29 is 18.3 Å². The summed E-state index contributed by atoms with van der Waals surface area (Å²) in [4.78, 5) is 15.7. The van der Waals surface area contributed by atoms with Gasteiger partial charge in [-0.05, 0) is 35.0 Å². The molecule has 0 spiro atoms. The van der Waals surface area contributed by atoms with E-state index in [1.54, 1.807) is 25.3 Å². The SMILES string of the molecule is CCOC(=O)c1nnn(Cc2ccc(Br)cn2)c1C(F)F. The lowest BCUT2D eigenvalue weighted by molar-refractivity contribution is 0.0506. The second-order valence-corrected chi connectivity index (χ2v) is 4.89. The lowest BCUT2D eigenvalue weighted by Gasteiger charge is -2.06. The third-order valence-electron chi connectivity index (χ3n) is 2.55. The van der Waals surface area contributed by atoms with E-state index in [0.29, 0.717) is 5.69 Å². The van der Waals surface area contributed by atoms with Gasteiger partial charge in [0.1, 0.15) is 5.69 Å². The molecule has 0 saturated carbocycles. The second-order valence-electron chi connectivity index (χ2n) is 3.97. The summed E-state index contributed by atoms with van der Waals surface area (Å²) < 4.78 is 32.7. The molecule has 2 heterocycles. The molecule has 112 valence electrons. The first-order valence-corrected chi connectivity index (χ1v) is 6.81. The summed E-state index contributed by atoms with van der Waals surface area (Å²) in [5, 5.41) is 7.08. The minimum atomic E-state index is -2.89. The molecule has 0 fully saturated rings. The van der Waals surface area contributed by atoms with E-state index in [-0.39, 0.29) is 13.2 Å². The maximum atomic E-state index is 13.2. The summed E-state index contributed by atoms with van der Waals surface area (Å²) in [7, 11) is 0. The summed E-state index contributed by atoms with van der Waals surface area (Å²) in [5.74, 6) is -0.914. The van der Waals surface area contributed by atoms with Crippen LogP contribution in [0.5, 0.6) is 0 Å². The van der Waals surface area contributed by atoms with Gasteiger partial charge in [0.2, 0.25) is 0 Å². The number of ether oxygens (including phenoxy) is 1. The largest absolute Gasteiger partial charge is 0.461 e. The molecule has 6 nitrogen and oxygen atoms in total. The van der Waals surface area contributed by atoms with Crippen LogP contribution in [0.15, 0.2) is 22.8 Å². The first-order valence-electron chi connectivity index (χ1n) is 6.02. The minimum absolute atomic E-state index is 0.0145. The van der Waals surface area contributed by atoms with Crippen LogP contribution in [0.3, 0.4) is 0 Å². The lowest BCUT2D eigenvalue weighted by Crippen LogP contribution is -2.12. The molecule has 2 aromatic rings. The van der Waals surface area contributed by atoms with E-state index in [2.05, 4.69) is 36.0 Å². The van der Waals surface area contributed by atoms with Gasteiger partial charge in [-0.15, -0.1) is 5.10 Å². The number of halogens is 3. The number of alkyl halides is 2. The van der Waals surface area contributed by atoms with Crippen LogP contribution in [0.25, 0.3) is 0 Å². The number of aromatic nitrogens is 4. The van der Waals surface area contributed by atoms with Crippen molar-refractivity contribution in [1.29, 1.82) is 0 Å². The van der Waals surface area contributed by atoms with E-state index in [1.807, 2.05) is 0 Å². The molecule has 0 amide bonds. The van der Waals surface area contributed by atoms with Crippen molar-refractivity contribution in [2.24, 2.45) is 0 Å². The molecule has 0 unspecified atom stereocenters. The lowest BCUT2D eigenvalue weighted by atomic mass is 10.3. The van der Waals surface area contributed by atoms with Crippen molar-refractivity contribution in [2.45, 2.75) is 19.9 Å². The van der Waals surface area contributed by atoms with Gasteiger partial charge in [0.15, 0.2) is 5.69 Å². The third-order valence-corrected chi connectivity index (χ3v) is 3.02. The van der Waals surface area contributed by atoms with Gasteiger partial charge in [-0.2, -0.15) is 0 Å². The first kappa shape index (κ1) is 15.5. The summed E-state index contributed by atoms with van der Waals surface area (Å²) in [6.07, 6.45) is -1.35. The maximum absolute atomic E-state index is 13.2. The van der Waals surface area contributed by atoms with Crippen LogP contribution in [0.1, 0.15) is 35.2 Å². The minimum Gasteiger partial charge on any atom is -0.461 e. The molecular weight excluding hydrogens is 350 g/mol. The van der Waals surface area contributed by atoms with Gasteiger partial charge in [-0.1, -0.05) is 5.21 Å². The third kappa shape index (κ3) is 3.60. The zero-order valence-electron chi connectivity index (χ0n) is 11.0. The highest BCUT2D eigenvalue weighted by Crippen LogP contribution is 2.22. The highest BCUT2D eigenvalue weighted by atomic mass is 79.9. The van der Waals surface area contributed by atoms with Crippen LogP contribution in [-0.2, 0) is 11.3 Å². The molecule has 21 heavy (non-hydrogen) atoms. The molecule has 0 bridgehead atoms. The molecule has 2 rings (SSSR count). The number of carbonyl (C=O) groups is 1. The maximum Gasteiger partial charge on any atom is 0.361 e. The normalized spacial score (nSPS) is 10.9. The smallest absolute Gasteiger partial charge is 0.361 e. The average molecular weight is 361 g/mol. The van der Waals surface area contributed by atoms with Crippen LogP contribution in [0.2, 0.25) is 0 Å². The summed E-state index contributed by atoms with van der Waals surface area (Å²) >= 11 is 3.23. The van der Waals surface area contributed by atoms with Gasteiger partial charge in [0.05, 0.1) is 18.8 Å². The number of carbonyl (C=O) groups excluding carboxylic acids is 1. The summed E-state index contributed by atoms with van der Waals surface area (Å²) in [5.41, 5.74) is -0.525. The van der Waals surface area contributed by atoms with E-state index in [9.17, 15) is 13.6 Å². The Morgan fingerprint density at radius 2 is 2.24 bits per heavy atom. The van der Waals surface area contributed by atoms with E-state index in [4.69, 9.17) is 0 Å². The van der Waals surface area contributed by atoms with E-state index >= 15 is 0 Å². The molecule has 0 aliphatic carbocycles. The summed E-state index contributed by atoms with van der Waals surface area (Å²) in [6.45, 7) is 1.64. The molecule has 0 aromatic carbocycles. The molecule has 0 saturated heterocycles. The predicted octanol–water partition coefficient (Wildman–Crippen LogP) is 2.60. The number of nitrogens with zero attached hydrogens (tertiary/aromatic N) is 4. The van der Waals surface area contributed by atoms with E-state index in [1.165, 1.54) is 0 Å². The van der Waals surface area contributed by atoms with Crippen LogP contribution < -0.4 is 0 Å². The Balaban J connectivity index is 2.31. The molecule has 9 heteroatoms. The Morgan fingerprint density at radius 1 is 1.48 bits per heavy atom. The number of hydrogen-bond acceptors (Lipinski definition) is 5. The van der Waals surface area contributed by atoms with Crippen LogP contribution >= 0.6 is 15.9 Å². The van der Waals surface area contributed by atoms with Crippen molar-refractivity contribution >= 4 is 21.9 Å². The zero-order chi connectivity index (χ0) is 15.4. The van der Waals surface area contributed by atoms with E-state index < -0.39 is 23.8 Å². The quantitative estimate of drug-likeness (QED) is 0.766. The fourth-order valence-corrected chi connectivity index (χ4v) is 1.89. The molecular formula is C12H11BrF2N4O2. The molecule has 2 aromatic heterocycles. The van der Waals surface area contributed by atoms with Gasteiger partial charge in [0.25, 0.3) is 6.43 Å². The van der Waals surface area contributed by atoms with E-state index in [0.717, 1.165) is 9.15 Å². The van der Waals surface area contributed by atoms with Gasteiger partial charge in [-0.3, -0.25) is 4.98 Å². The van der Waals surface area contributed by atoms with Gasteiger partial charge >= 0.3 is 5.97 Å².